The Kier molecular flexibility index (Phi) is 4.57. The van der Waals surface area contributed by atoms with Crippen molar-refractivity contribution in [3.8, 4) is 11.6 Å². The van der Waals surface area contributed by atoms with Crippen molar-refractivity contribution in [2.24, 2.45) is 0 Å². The monoisotopic (exact) mass is 347 g/mol. The summed E-state index contributed by atoms with van der Waals surface area (Å²) in [5.74, 6) is 0.909. The molecule has 0 fully saturated rings. The number of rotatable bonds is 4. The maximum atomic E-state index is 10.8. The normalized spacial score (nSPS) is 13.3. The Morgan fingerprint density at radius 2 is 1.96 bits per heavy atom. The molecule has 0 saturated heterocycles. The molecule has 3 rings (SSSR count). The zero-order chi connectivity index (χ0) is 17.3. The molecule has 0 amide bonds. The quantitative estimate of drug-likeness (QED) is 0.606. The first-order valence-corrected chi connectivity index (χ1v) is 8.15. The molecule has 0 spiro atoms. The first kappa shape index (κ1) is 16.5. The van der Waals surface area contributed by atoms with Crippen LogP contribution in [0, 0.1) is 10.1 Å². The minimum atomic E-state index is -0.531. The first-order valence-electron chi connectivity index (χ1n) is 7.77. The Balaban J connectivity index is 1.98. The highest BCUT2D eigenvalue weighted by atomic mass is 35.5. The van der Waals surface area contributed by atoms with Crippen molar-refractivity contribution in [2.75, 3.05) is 19.0 Å². The maximum Gasteiger partial charge on any atom is 0.289 e. The van der Waals surface area contributed by atoms with Crippen LogP contribution in [0.2, 0.25) is 5.02 Å². The lowest BCUT2D eigenvalue weighted by molar-refractivity contribution is -0.385. The van der Waals surface area contributed by atoms with E-state index in [-0.39, 0.29) is 16.6 Å². The third-order valence-electron chi connectivity index (χ3n) is 4.16. The van der Waals surface area contributed by atoms with E-state index in [0.717, 1.165) is 37.6 Å². The van der Waals surface area contributed by atoms with Gasteiger partial charge in [0.1, 0.15) is 17.0 Å². The number of halogens is 1. The van der Waals surface area contributed by atoms with Crippen LogP contribution in [0.1, 0.15) is 24.0 Å². The van der Waals surface area contributed by atoms with E-state index in [2.05, 4.69) is 9.88 Å². The highest BCUT2D eigenvalue weighted by molar-refractivity contribution is 6.32. The maximum absolute atomic E-state index is 10.8. The Morgan fingerprint density at radius 1 is 1.25 bits per heavy atom. The molecular weight excluding hydrogens is 330 g/mol. The van der Waals surface area contributed by atoms with E-state index >= 15 is 0 Å². The molecule has 7 heteroatoms. The van der Waals surface area contributed by atoms with E-state index in [1.807, 2.05) is 26.2 Å². The standard InChI is InChI=1S/C17H18ClN3O3/c1-20(2)15-7-8-16(13-6-4-3-5-12(13)15)24-17-14(18)9-11(10-19-17)21(22)23/h7-10H,3-6H2,1-2H3. The fourth-order valence-electron chi connectivity index (χ4n) is 3.02. The van der Waals surface area contributed by atoms with Gasteiger partial charge in [0.2, 0.25) is 5.88 Å². The van der Waals surface area contributed by atoms with Crippen molar-refractivity contribution < 1.29 is 9.66 Å². The number of nitro groups is 1. The molecule has 0 radical (unpaired) electrons. The van der Waals surface area contributed by atoms with Gasteiger partial charge >= 0.3 is 0 Å². The summed E-state index contributed by atoms with van der Waals surface area (Å²) >= 11 is 6.09. The van der Waals surface area contributed by atoms with Crippen LogP contribution in [-0.2, 0) is 12.8 Å². The number of anilines is 1. The van der Waals surface area contributed by atoms with Gasteiger partial charge in [0.05, 0.1) is 4.92 Å². The van der Waals surface area contributed by atoms with E-state index in [4.69, 9.17) is 16.3 Å². The number of fused-ring (bicyclic) bond motifs is 1. The van der Waals surface area contributed by atoms with E-state index in [1.54, 1.807) is 0 Å². The number of aromatic nitrogens is 1. The number of benzene rings is 1. The third-order valence-corrected chi connectivity index (χ3v) is 4.43. The second-order valence-corrected chi connectivity index (χ2v) is 6.39. The lowest BCUT2D eigenvalue weighted by atomic mass is 9.89. The van der Waals surface area contributed by atoms with Gasteiger partial charge in [-0.3, -0.25) is 10.1 Å². The van der Waals surface area contributed by atoms with Crippen LogP contribution < -0.4 is 9.64 Å². The Hall–Kier alpha value is -2.34. The van der Waals surface area contributed by atoms with Crippen molar-refractivity contribution >= 4 is 23.0 Å². The molecule has 0 bridgehead atoms. The summed E-state index contributed by atoms with van der Waals surface area (Å²) in [7, 11) is 4.05. The summed E-state index contributed by atoms with van der Waals surface area (Å²) < 4.78 is 5.89. The van der Waals surface area contributed by atoms with E-state index in [9.17, 15) is 10.1 Å². The van der Waals surface area contributed by atoms with E-state index in [0.29, 0.717) is 0 Å². The van der Waals surface area contributed by atoms with Gasteiger partial charge in [-0.1, -0.05) is 11.6 Å². The van der Waals surface area contributed by atoms with Crippen molar-refractivity contribution in [2.45, 2.75) is 25.7 Å². The molecule has 1 heterocycles. The molecule has 0 saturated carbocycles. The molecule has 0 unspecified atom stereocenters. The molecule has 1 aliphatic rings. The average molecular weight is 348 g/mol. The summed E-state index contributed by atoms with van der Waals surface area (Å²) in [6.45, 7) is 0. The molecular formula is C17H18ClN3O3. The van der Waals surface area contributed by atoms with Gasteiger partial charge in [-0.2, -0.15) is 0 Å². The SMILES string of the molecule is CN(C)c1ccc(Oc2ncc([N+](=O)[O-])cc2Cl)c2c1CCCC2. The molecule has 0 aliphatic heterocycles. The molecule has 6 nitrogen and oxygen atoms in total. The summed E-state index contributed by atoms with van der Waals surface area (Å²) in [5, 5.41) is 10.9. The Morgan fingerprint density at radius 3 is 2.58 bits per heavy atom. The van der Waals surface area contributed by atoms with Gasteiger partial charge in [0.15, 0.2) is 0 Å². The molecule has 1 aromatic heterocycles. The van der Waals surface area contributed by atoms with Crippen LogP contribution in [0.5, 0.6) is 11.6 Å². The molecule has 1 aromatic carbocycles. The lowest BCUT2D eigenvalue weighted by Crippen LogP contribution is -2.15. The molecule has 2 aromatic rings. The van der Waals surface area contributed by atoms with Crippen molar-refractivity contribution in [3.05, 3.63) is 50.7 Å². The Labute approximate surface area is 145 Å². The molecule has 0 atom stereocenters. The van der Waals surface area contributed by atoms with Crippen LogP contribution in [0.3, 0.4) is 0 Å². The fraction of sp³-hybridized carbons (Fsp3) is 0.353. The smallest absolute Gasteiger partial charge is 0.289 e. The van der Waals surface area contributed by atoms with Crippen LogP contribution in [-0.4, -0.2) is 24.0 Å². The van der Waals surface area contributed by atoms with Crippen LogP contribution in [0.4, 0.5) is 11.4 Å². The largest absolute Gasteiger partial charge is 0.437 e. The van der Waals surface area contributed by atoms with Crippen LogP contribution >= 0.6 is 11.6 Å². The van der Waals surface area contributed by atoms with Gasteiger partial charge in [-0.15, -0.1) is 0 Å². The Bertz CT molecular complexity index is 793. The van der Waals surface area contributed by atoms with E-state index in [1.165, 1.54) is 22.9 Å². The lowest BCUT2D eigenvalue weighted by Gasteiger charge is -2.25. The van der Waals surface area contributed by atoms with Gasteiger partial charge in [-0.05, 0) is 43.4 Å². The summed E-state index contributed by atoms with van der Waals surface area (Å²) in [4.78, 5) is 16.3. The number of hydrogen-bond donors (Lipinski definition) is 0. The zero-order valence-electron chi connectivity index (χ0n) is 13.6. The van der Waals surface area contributed by atoms with Crippen molar-refractivity contribution in [1.82, 2.24) is 4.98 Å². The number of pyridine rings is 1. The van der Waals surface area contributed by atoms with Crippen molar-refractivity contribution in [3.63, 3.8) is 0 Å². The second kappa shape index (κ2) is 6.65. The van der Waals surface area contributed by atoms with Crippen LogP contribution in [0.15, 0.2) is 24.4 Å². The van der Waals surface area contributed by atoms with E-state index < -0.39 is 4.92 Å². The zero-order valence-corrected chi connectivity index (χ0v) is 14.3. The average Bonchev–Trinajstić information content (AvgIpc) is 2.56. The predicted octanol–water partition coefficient (Wildman–Crippen LogP) is 4.38. The number of hydrogen-bond acceptors (Lipinski definition) is 5. The molecule has 126 valence electrons. The molecule has 1 aliphatic carbocycles. The molecule has 0 N–H and O–H groups in total. The highest BCUT2D eigenvalue weighted by Gasteiger charge is 2.20. The minimum absolute atomic E-state index is 0.130. The van der Waals surface area contributed by atoms with Crippen LogP contribution in [0.25, 0.3) is 0 Å². The van der Waals surface area contributed by atoms with Gasteiger partial charge < -0.3 is 9.64 Å². The minimum Gasteiger partial charge on any atom is -0.437 e. The predicted molar refractivity (Wildman–Crippen MR) is 93.4 cm³/mol. The molecule has 24 heavy (non-hydrogen) atoms. The fourth-order valence-corrected chi connectivity index (χ4v) is 3.22. The first-order chi connectivity index (χ1) is 11.5. The number of ether oxygens (including phenoxy) is 1. The summed E-state index contributed by atoms with van der Waals surface area (Å²) in [5.41, 5.74) is 3.50. The topological polar surface area (TPSA) is 68.5 Å². The third kappa shape index (κ3) is 3.14. The van der Waals surface area contributed by atoms with Gasteiger partial charge in [-0.25, -0.2) is 4.98 Å². The summed E-state index contributed by atoms with van der Waals surface area (Å²) in [6.07, 6.45) is 5.38. The van der Waals surface area contributed by atoms with Gasteiger partial charge in [0.25, 0.3) is 5.69 Å². The van der Waals surface area contributed by atoms with Gasteiger partial charge in [0, 0.05) is 31.4 Å². The van der Waals surface area contributed by atoms with Crippen molar-refractivity contribution in [1.29, 1.82) is 0 Å². The highest BCUT2D eigenvalue weighted by Crippen LogP contribution is 2.39. The summed E-state index contributed by atoms with van der Waals surface area (Å²) in [6, 6.07) is 5.20. The number of nitrogens with zero attached hydrogens (tertiary/aromatic N) is 3. The second-order valence-electron chi connectivity index (χ2n) is 5.98.